The molecule has 0 spiro atoms. The van der Waals surface area contributed by atoms with Gasteiger partial charge in [-0.15, -0.1) is 0 Å². The molecular weight excluding hydrogens is 219 g/mol. The van der Waals surface area contributed by atoms with Crippen molar-refractivity contribution in [2.75, 3.05) is 6.54 Å². The Balaban J connectivity index is 2.37. The molecule has 0 radical (unpaired) electrons. The second kappa shape index (κ2) is 6.35. The second-order valence-electron chi connectivity index (χ2n) is 4.52. The summed E-state index contributed by atoms with van der Waals surface area (Å²) in [4.78, 5) is 11.6. The maximum absolute atomic E-state index is 12.6. The van der Waals surface area contributed by atoms with Gasteiger partial charge in [0, 0.05) is 12.6 Å². The van der Waals surface area contributed by atoms with Crippen molar-refractivity contribution in [2.45, 2.75) is 26.3 Å². The van der Waals surface area contributed by atoms with Gasteiger partial charge >= 0.3 is 0 Å². The highest BCUT2D eigenvalue weighted by molar-refractivity contribution is 5.78. The van der Waals surface area contributed by atoms with Crippen LogP contribution < -0.4 is 11.1 Å². The Morgan fingerprint density at radius 2 is 1.94 bits per heavy atom. The number of carbonyl (C=O) groups is 1. The molecule has 3 nitrogen and oxygen atoms in total. The van der Waals surface area contributed by atoms with Crippen LogP contribution in [0.15, 0.2) is 24.3 Å². The van der Waals surface area contributed by atoms with Crippen molar-refractivity contribution in [3.63, 3.8) is 0 Å². The molecule has 0 saturated carbocycles. The van der Waals surface area contributed by atoms with Crippen LogP contribution in [0.2, 0.25) is 0 Å². The van der Waals surface area contributed by atoms with Gasteiger partial charge in [-0.25, -0.2) is 4.39 Å². The Bertz CT molecular complexity index is 362. The van der Waals surface area contributed by atoms with E-state index in [1.54, 1.807) is 12.1 Å². The maximum atomic E-state index is 12.6. The predicted molar refractivity (Wildman–Crippen MR) is 65.9 cm³/mol. The Morgan fingerprint density at radius 3 is 2.47 bits per heavy atom. The molecule has 94 valence electrons. The lowest BCUT2D eigenvalue weighted by molar-refractivity contribution is -0.120. The van der Waals surface area contributed by atoms with Crippen LogP contribution in [0, 0.1) is 11.7 Å². The molecule has 1 amide bonds. The van der Waals surface area contributed by atoms with Gasteiger partial charge in [-0.1, -0.05) is 26.0 Å². The average molecular weight is 238 g/mol. The molecule has 0 saturated heterocycles. The Kier molecular flexibility index (Phi) is 5.10. The number of amides is 1. The lowest BCUT2D eigenvalue weighted by atomic mass is 10.1. The van der Waals surface area contributed by atoms with Crippen LogP contribution >= 0.6 is 0 Å². The standard InChI is InChI=1S/C13H19FN2O/c1-9(2)12(15)8-16-13(17)7-10-3-5-11(14)6-4-10/h3-6,9,12H,7-8,15H2,1-2H3,(H,16,17). The summed E-state index contributed by atoms with van der Waals surface area (Å²) in [5.74, 6) is -0.0511. The topological polar surface area (TPSA) is 55.1 Å². The number of halogens is 1. The van der Waals surface area contributed by atoms with Gasteiger partial charge in [-0.3, -0.25) is 4.79 Å². The highest BCUT2D eigenvalue weighted by Crippen LogP contribution is 2.03. The van der Waals surface area contributed by atoms with E-state index in [1.165, 1.54) is 12.1 Å². The van der Waals surface area contributed by atoms with E-state index in [1.807, 2.05) is 13.8 Å². The number of benzene rings is 1. The van der Waals surface area contributed by atoms with Crippen LogP contribution in [0.5, 0.6) is 0 Å². The van der Waals surface area contributed by atoms with Gasteiger partial charge < -0.3 is 11.1 Å². The van der Waals surface area contributed by atoms with E-state index in [9.17, 15) is 9.18 Å². The number of rotatable bonds is 5. The zero-order valence-corrected chi connectivity index (χ0v) is 10.2. The van der Waals surface area contributed by atoms with Gasteiger partial charge in [0.2, 0.25) is 5.91 Å². The number of nitrogens with one attached hydrogen (secondary N) is 1. The molecule has 1 atom stereocenters. The minimum absolute atomic E-state index is 0.0350. The van der Waals surface area contributed by atoms with Crippen molar-refractivity contribution in [3.05, 3.63) is 35.6 Å². The highest BCUT2D eigenvalue weighted by Gasteiger charge is 2.09. The summed E-state index contributed by atoms with van der Waals surface area (Å²) in [6.07, 6.45) is 0.255. The first-order valence-corrected chi connectivity index (χ1v) is 5.75. The number of nitrogens with two attached hydrogens (primary N) is 1. The van der Waals surface area contributed by atoms with Crippen LogP contribution in [0.3, 0.4) is 0 Å². The van der Waals surface area contributed by atoms with E-state index in [-0.39, 0.29) is 24.2 Å². The zero-order chi connectivity index (χ0) is 12.8. The van der Waals surface area contributed by atoms with Crippen molar-refractivity contribution >= 4 is 5.91 Å². The van der Waals surface area contributed by atoms with E-state index in [4.69, 9.17) is 5.73 Å². The first-order valence-electron chi connectivity index (χ1n) is 5.75. The van der Waals surface area contributed by atoms with E-state index in [0.717, 1.165) is 5.56 Å². The van der Waals surface area contributed by atoms with Crippen molar-refractivity contribution < 1.29 is 9.18 Å². The minimum Gasteiger partial charge on any atom is -0.354 e. The van der Waals surface area contributed by atoms with Gasteiger partial charge in [0.25, 0.3) is 0 Å². The summed E-state index contributed by atoms with van der Waals surface area (Å²) in [6.45, 7) is 4.49. The molecule has 0 aliphatic carbocycles. The Labute approximate surface area is 101 Å². The SMILES string of the molecule is CC(C)C(N)CNC(=O)Cc1ccc(F)cc1. The normalized spacial score (nSPS) is 12.5. The van der Waals surface area contributed by atoms with Crippen LogP contribution in [-0.4, -0.2) is 18.5 Å². The van der Waals surface area contributed by atoms with Crippen molar-refractivity contribution in [3.8, 4) is 0 Å². The third kappa shape index (κ3) is 4.95. The molecule has 0 fully saturated rings. The molecule has 1 aromatic rings. The van der Waals surface area contributed by atoms with Gasteiger partial charge in [-0.2, -0.15) is 0 Å². The molecule has 1 rings (SSSR count). The van der Waals surface area contributed by atoms with Gasteiger partial charge in [-0.05, 0) is 23.6 Å². The summed E-state index contributed by atoms with van der Waals surface area (Å²) >= 11 is 0. The summed E-state index contributed by atoms with van der Waals surface area (Å²) < 4.78 is 12.6. The molecule has 1 unspecified atom stereocenters. The predicted octanol–water partition coefficient (Wildman–Crippen LogP) is 1.47. The third-order valence-corrected chi connectivity index (χ3v) is 2.67. The molecule has 3 N–H and O–H groups in total. The van der Waals surface area contributed by atoms with Crippen molar-refractivity contribution in [1.82, 2.24) is 5.32 Å². The van der Waals surface area contributed by atoms with Gasteiger partial charge in [0.05, 0.1) is 6.42 Å². The van der Waals surface area contributed by atoms with Crippen LogP contribution in [0.25, 0.3) is 0 Å². The lowest BCUT2D eigenvalue weighted by Crippen LogP contribution is -2.40. The van der Waals surface area contributed by atoms with Gasteiger partial charge in [0.1, 0.15) is 5.82 Å². The summed E-state index contributed by atoms with van der Waals surface area (Å²) in [6, 6.07) is 5.88. The Hall–Kier alpha value is -1.42. The average Bonchev–Trinajstić information content (AvgIpc) is 2.29. The van der Waals surface area contributed by atoms with Crippen LogP contribution in [0.4, 0.5) is 4.39 Å². The third-order valence-electron chi connectivity index (χ3n) is 2.67. The molecule has 1 aromatic carbocycles. The van der Waals surface area contributed by atoms with Gasteiger partial charge in [0.15, 0.2) is 0 Å². The molecule has 0 heterocycles. The molecule has 0 bridgehead atoms. The maximum Gasteiger partial charge on any atom is 0.224 e. The summed E-state index contributed by atoms with van der Waals surface area (Å²) in [5, 5.41) is 2.77. The second-order valence-corrected chi connectivity index (χ2v) is 4.52. The van der Waals surface area contributed by atoms with E-state index in [2.05, 4.69) is 5.32 Å². The number of carbonyl (C=O) groups excluding carboxylic acids is 1. The first-order chi connectivity index (χ1) is 7.99. The molecule has 0 aliphatic heterocycles. The number of hydrogen-bond acceptors (Lipinski definition) is 2. The van der Waals surface area contributed by atoms with E-state index < -0.39 is 0 Å². The minimum atomic E-state index is -0.295. The largest absolute Gasteiger partial charge is 0.354 e. The fourth-order valence-corrected chi connectivity index (χ4v) is 1.32. The monoisotopic (exact) mass is 238 g/mol. The smallest absolute Gasteiger partial charge is 0.224 e. The van der Waals surface area contributed by atoms with Crippen LogP contribution in [-0.2, 0) is 11.2 Å². The van der Waals surface area contributed by atoms with Crippen molar-refractivity contribution in [2.24, 2.45) is 11.7 Å². The van der Waals surface area contributed by atoms with Crippen molar-refractivity contribution in [1.29, 1.82) is 0 Å². The van der Waals surface area contributed by atoms with Crippen LogP contribution in [0.1, 0.15) is 19.4 Å². The fourth-order valence-electron chi connectivity index (χ4n) is 1.32. The molecule has 4 heteroatoms. The fraction of sp³-hybridized carbons (Fsp3) is 0.462. The summed E-state index contributed by atoms with van der Waals surface area (Å²) in [5.41, 5.74) is 6.61. The number of hydrogen-bond donors (Lipinski definition) is 2. The molecule has 0 aliphatic rings. The molecular formula is C13H19FN2O. The van der Waals surface area contributed by atoms with E-state index in [0.29, 0.717) is 12.5 Å². The highest BCUT2D eigenvalue weighted by atomic mass is 19.1. The summed E-state index contributed by atoms with van der Waals surface area (Å²) in [7, 11) is 0. The lowest BCUT2D eigenvalue weighted by Gasteiger charge is -2.16. The Morgan fingerprint density at radius 1 is 1.35 bits per heavy atom. The zero-order valence-electron chi connectivity index (χ0n) is 10.2. The van der Waals surface area contributed by atoms with E-state index >= 15 is 0 Å². The quantitative estimate of drug-likeness (QED) is 0.816. The molecule has 17 heavy (non-hydrogen) atoms. The molecule has 0 aromatic heterocycles. The first kappa shape index (κ1) is 13.6.